The number of aliphatic hydroxyl groups excluding tert-OH is 1. The van der Waals surface area contributed by atoms with Gasteiger partial charge in [0, 0.05) is 0 Å². The van der Waals surface area contributed by atoms with Crippen LogP contribution in [-0.4, -0.2) is 26.7 Å². The molecule has 0 radical (unpaired) electrons. The van der Waals surface area contributed by atoms with E-state index in [1.807, 2.05) is 31.2 Å². The number of rotatable bonds is 4. The molecule has 0 aliphatic heterocycles. The highest BCUT2D eigenvalue weighted by Crippen LogP contribution is 2.33. The van der Waals surface area contributed by atoms with Crippen LogP contribution in [0, 0.1) is 6.92 Å². The Labute approximate surface area is 136 Å². The third-order valence-electron chi connectivity index (χ3n) is 4.11. The lowest BCUT2D eigenvalue weighted by atomic mass is 10.1. The van der Waals surface area contributed by atoms with Crippen LogP contribution in [0.25, 0.3) is 0 Å². The van der Waals surface area contributed by atoms with Crippen molar-refractivity contribution in [2.45, 2.75) is 30.4 Å². The average molecular weight is 333 g/mol. The van der Waals surface area contributed by atoms with E-state index in [0.29, 0.717) is 6.42 Å². The molecule has 5 nitrogen and oxygen atoms in total. The van der Waals surface area contributed by atoms with E-state index in [1.165, 1.54) is 7.11 Å². The highest BCUT2D eigenvalue weighted by Gasteiger charge is 2.34. The van der Waals surface area contributed by atoms with Gasteiger partial charge in [0.25, 0.3) is 0 Å². The lowest BCUT2D eigenvalue weighted by Crippen LogP contribution is -2.37. The number of hydrogen-bond acceptors (Lipinski definition) is 4. The third kappa shape index (κ3) is 2.97. The van der Waals surface area contributed by atoms with Gasteiger partial charge in [-0.05, 0) is 42.2 Å². The summed E-state index contributed by atoms with van der Waals surface area (Å²) in [7, 11) is -2.36. The number of aliphatic hydroxyl groups is 1. The van der Waals surface area contributed by atoms with Gasteiger partial charge >= 0.3 is 0 Å². The fourth-order valence-electron chi connectivity index (χ4n) is 2.94. The molecule has 1 aliphatic rings. The first-order valence-electron chi connectivity index (χ1n) is 7.35. The molecular formula is C17H19NO4S. The first-order chi connectivity index (χ1) is 10.9. The quantitative estimate of drug-likeness (QED) is 0.896. The van der Waals surface area contributed by atoms with E-state index >= 15 is 0 Å². The minimum atomic E-state index is -3.79. The molecule has 3 rings (SSSR count). The van der Waals surface area contributed by atoms with Gasteiger partial charge in [-0.15, -0.1) is 0 Å². The van der Waals surface area contributed by atoms with Crippen molar-refractivity contribution in [1.82, 2.24) is 4.72 Å². The van der Waals surface area contributed by atoms with Gasteiger partial charge in [-0.3, -0.25) is 0 Å². The molecule has 0 saturated heterocycles. The Bertz CT molecular complexity index is 832. The number of benzene rings is 2. The Balaban J connectivity index is 1.90. The topological polar surface area (TPSA) is 75.6 Å². The average Bonchev–Trinajstić information content (AvgIpc) is 2.83. The summed E-state index contributed by atoms with van der Waals surface area (Å²) in [5, 5.41) is 10.4. The maximum absolute atomic E-state index is 12.7. The molecule has 0 spiro atoms. The number of sulfonamides is 1. The van der Waals surface area contributed by atoms with Crippen LogP contribution in [0.3, 0.4) is 0 Å². The van der Waals surface area contributed by atoms with Crippen LogP contribution in [0.1, 0.15) is 22.8 Å². The highest BCUT2D eigenvalue weighted by atomic mass is 32.2. The van der Waals surface area contributed by atoms with E-state index in [-0.39, 0.29) is 10.6 Å². The predicted octanol–water partition coefficient (Wildman–Crippen LogP) is 1.94. The van der Waals surface area contributed by atoms with Crippen LogP contribution in [0.4, 0.5) is 0 Å². The molecule has 2 atom stereocenters. The summed E-state index contributed by atoms with van der Waals surface area (Å²) in [6.45, 7) is 1.82. The molecular weight excluding hydrogens is 314 g/mol. The minimum Gasteiger partial charge on any atom is -0.495 e. The second kappa shape index (κ2) is 5.96. The maximum atomic E-state index is 12.7. The van der Waals surface area contributed by atoms with Gasteiger partial charge in [-0.25, -0.2) is 13.1 Å². The van der Waals surface area contributed by atoms with E-state index in [0.717, 1.165) is 16.7 Å². The normalized spacial score (nSPS) is 20.3. The highest BCUT2D eigenvalue weighted by molar-refractivity contribution is 7.89. The first kappa shape index (κ1) is 16.0. The zero-order valence-corrected chi connectivity index (χ0v) is 13.8. The van der Waals surface area contributed by atoms with Crippen LogP contribution >= 0.6 is 0 Å². The molecule has 122 valence electrons. The molecule has 0 aromatic heterocycles. The van der Waals surface area contributed by atoms with Crippen LogP contribution < -0.4 is 9.46 Å². The molecule has 2 N–H and O–H groups in total. The van der Waals surface area contributed by atoms with Crippen molar-refractivity contribution in [3.05, 3.63) is 59.2 Å². The molecule has 0 heterocycles. The monoisotopic (exact) mass is 333 g/mol. The van der Waals surface area contributed by atoms with E-state index in [4.69, 9.17) is 4.74 Å². The van der Waals surface area contributed by atoms with E-state index in [9.17, 15) is 13.5 Å². The first-order valence-corrected chi connectivity index (χ1v) is 8.83. The van der Waals surface area contributed by atoms with Crippen molar-refractivity contribution < 1.29 is 18.3 Å². The zero-order chi connectivity index (χ0) is 16.6. The second-order valence-electron chi connectivity index (χ2n) is 5.73. The van der Waals surface area contributed by atoms with Crippen molar-refractivity contribution in [3.8, 4) is 5.75 Å². The van der Waals surface area contributed by atoms with Crippen LogP contribution in [-0.2, 0) is 16.4 Å². The largest absolute Gasteiger partial charge is 0.495 e. The lowest BCUT2D eigenvalue weighted by molar-refractivity contribution is 0.152. The molecule has 0 saturated carbocycles. The molecule has 0 bridgehead atoms. The number of nitrogens with one attached hydrogen (secondary N) is 1. The summed E-state index contributed by atoms with van der Waals surface area (Å²) in [6, 6.07) is 11.8. The summed E-state index contributed by atoms with van der Waals surface area (Å²) in [5.41, 5.74) is 2.56. The van der Waals surface area contributed by atoms with Gasteiger partial charge in [0.05, 0.1) is 19.3 Å². The molecule has 0 fully saturated rings. The second-order valence-corrected chi connectivity index (χ2v) is 7.41. The summed E-state index contributed by atoms with van der Waals surface area (Å²) in [6.07, 6.45) is -0.387. The Morgan fingerprint density at radius 3 is 2.65 bits per heavy atom. The lowest BCUT2D eigenvalue weighted by Gasteiger charge is -2.18. The van der Waals surface area contributed by atoms with Crippen LogP contribution in [0.5, 0.6) is 5.75 Å². The predicted molar refractivity (Wildman–Crippen MR) is 86.9 cm³/mol. The molecule has 6 heteroatoms. The number of methoxy groups -OCH3 is 1. The van der Waals surface area contributed by atoms with E-state index < -0.39 is 22.2 Å². The molecule has 2 aromatic rings. The van der Waals surface area contributed by atoms with Crippen molar-refractivity contribution in [2.75, 3.05) is 7.11 Å². The van der Waals surface area contributed by atoms with Gasteiger partial charge < -0.3 is 9.84 Å². The van der Waals surface area contributed by atoms with E-state index in [2.05, 4.69) is 4.72 Å². The van der Waals surface area contributed by atoms with Gasteiger partial charge in [-0.2, -0.15) is 0 Å². The molecule has 1 aliphatic carbocycles. The Kier molecular flexibility index (Phi) is 4.14. The third-order valence-corrected chi connectivity index (χ3v) is 5.62. The molecule has 0 amide bonds. The molecule has 23 heavy (non-hydrogen) atoms. The molecule has 2 aromatic carbocycles. The van der Waals surface area contributed by atoms with Crippen molar-refractivity contribution in [1.29, 1.82) is 0 Å². The Hall–Kier alpha value is -1.89. The van der Waals surface area contributed by atoms with Crippen molar-refractivity contribution >= 4 is 10.0 Å². The summed E-state index contributed by atoms with van der Waals surface area (Å²) in [5.74, 6) is 0.285. The Morgan fingerprint density at radius 2 is 1.96 bits per heavy atom. The van der Waals surface area contributed by atoms with Gasteiger partial charge in [0.1, 0.15) is 10.6 Å². The van der Waals surface area contributed by atoms with Gasteiger partial charge in [0.2, 0.25) is 10.0 Å². The SMILES string of the molecule is COc1ccc(C)cc1S(=O)(=O)N[C@@H]1Cc2ccccc2[C@H]1O. The van der Waals surface area contributed by atoms with Crippen molar-refractivity contribution in [2.24, 2.45) is 0 Å². The zero-order valence-electron chi connectivity index (χ0n) is 13.0. The number of hydrogen-bond donors (Lipinski definition) is 2. The summed E-state index contributed by atoms with van der Waals surface area (Å²) >= 11 is 0. The van der Waals surface area contributed by atoms with E-state index in [1.54, 1.807) is 18.2 Å². The fraction of sp³-hybridized carbons (Fsp3) is 0.294. The van der Waals surface area contributed by atoms with Gasteiger partial charge in [-0.1, -0.05) is 30.3 Å². The Morgan fingerprint density at radius 1 is 1.22 bits per heavy atom. The van der Waals surface area contributed by atoms with Crippen LogP contribution in [0.2, 0.25) is 0 Å². The van der Waals surface area contributed by atoms with Gasteiger partial charge in [0.15, 0.2) is 0 Å². The fourth-order valence-corrected chi connectivity index (χ4v) is 4.43. The van der Waals surface area contributed by atoms with Crippen molar-refractivity contribution in [3.63, 3.8) is 0 Å². The summed E-state index contributed by atoms with van der Waals surface area (Å²) in [4.78, 5) is 0.0863. The standard InChI is InChI=1S/C17H19NO4S/c1-11-7-8-15(22-2)16(9-11)23(20,21)18-14-10-12-5-3-4-6-13(12)17(14)19/h3-9,14,17-19H,10H2,1-2H3/t14-,17-/m1/s1. The summed E-state index contributed by atoms with van der Waals surface area (Å²) < 4.78 is 33.2. The number of ether oxygens (including phenoxy) is 1. The maximum Gasteiger partial charge on any atom is 0.244 e. The number of aryl methyl sites for hydroxylation is 1. The smallest absolute Gasteiger partial charge is 0.244 e. The molecule has 0 unspecified atom stereocenters. The minimum absolute atomic E-state index is 0.0863. The number of fused-ring (bicyclic) bond motifs is 1. The van der Waals surface area contributed by atoms with Crippen LogP contribution in [0.15, 0.2) is 47.4 Å².